The van der Waals surface area contributed by atoms with E-state index in [4.69, 9.17) is 4.99 Å². The third kappa shape index (κ3) is 7.70. The van der Waals surface area contributed by atoms with Gasteiger partial charge in [0.15, 0.2) is 5.96 Å². The summed E-state index contributed by atoms with van der Waals surface area (Å²) < 4.78 is 0. The minimum absolute atomic E-state index is 0. The zero-order valence-corrected chi connectivity index (χ0v) is 18.6. The average Bonchev–Trinajstić information content (AvgIpc) is 3.10. The minimum Gasteiger partial charge on any atom is -0.396 e. The van der Waals surface area contributed by atoms with Crippen molar-refractivity contribution in [2.75, 3.05) is 26.2 Å². The van der Waals surface area contributed by atoms with E-state index in [0.29, 0.717) is 5.92 Å². The van der Waals surface area contributed by atoms with E-state index in [2.05, 4.69) is 55.2 Å². The van der Waals surface area contributed by atoms with Crippen molar-refractivity contribution in [3.05, 3.63) is 22.4 Å². The number of nitrogens with one attached hydrogen (secondary N) is 2. The first-order valence-electron chi connectivity index (χ1n) is 8.76. The average molecular weight is 467 g/mol. The standard InChI is InChI=1S/C18H33N3OS.HI/c1-5-18(6-2,9-10-22)14-21-17(19-7-3)20-12-15(4)16-8-11-23-13-16;/h8,11,13,15,22H,5-7,9-10,12,14H2,1-4H3,(H2,19,20,21);1H. The minimum atomic E-state index is 0. The highest BCUT2D eigenvalue weighted by molar-refractivity contribution is 14.0. The Morgan fingerprint density at radius 2 is 2.00 bits per heavy atom. The summed E-state index contributed by atoms with van der Waals surface area (Å²) in [4.78, 5) is 4.79. The van der Waals surface area contributed by atoms with Gasteiger partial charge in [0.25, 0.3) is 0 Å². The van der Waals surface area contributed by atoms with Crippen LogP contribution in [-0.4, -0.2) is 37.3 Å². The molecule has 1 rings (SSSR count). The summed E-state index contributed by atoms with van der Waals surface area (Å²) in [6.07, 6.45) is 2.89. The summed E-state index contributed by atoms with van der Waals surface area (Å²) in [5, 5.41) is 20.4. The second-order valence-corrected chi connectivity index (χ2v) is 6.99. The van der Waals surface area contributed by atoms with Crippen LogP contribution in [0.25, 0.3) is 0 Å². The van der Waals surface area contributed by atoms with Gasteiger partial charge in [-0.2, -0.15) is 11.3 Å². The SMILES string of the molecule is CCNC(=NCC(CC)(CC)CCO)NCC(C)c1ccsc1.I. The Balaban J connectivity index is 0.00000529. The van der Waals surface area contributed by atoms with Gasteiger partial charge in [0.05, 0.1) is 0 Å². The number of halogens is 1. The van der Waals surface area contributed by atoms with Gasteiger partial charge in [-0.1, -0.05) is 20.8 Å². The van der Waals surface area contributed by atoms with Crippen molar-refractivity contribution < 1.29 is 5.11 Å². The van der Waals surface area contributed by atoms with Gasteiger partial charge in [-0.15, -0.1) is 24.0 Å². The van der Waals surface area contributed by atoms with Crippen LogP contribution >= 0.6 is 35.3 Å². The van der Waals surface area contributed by atoms with E-state index >= 15 is 0 Å². The number of aliphatic hydroxyl groups is 1. The maximum atomic E-state index is 9.34. The Morgan fingerprint density at radius 3 is 2.50 bits per heavy atom. The third-order valence-corrected chi connectivity index (χ3v) is 5.45. The summed E-state index contributed by atoms with van der Waals surface area (Å²) in [7, 11) is 0. The fourth-order valence-electron chi connectivity index (χ4n) is 2.65. The zero-order chi connectivity index (χ0) is 17.1. The van der Waals surface area contributed by atoms with Crippen LogP contribution in [-0.2, 0) is 0 Å². The molecule has 1 atom stereocenters. The Hall–Kier alpha value is -0.340. The Kier molecular flexibility index (Phi) is 12.8. The number of rotatable bonds is 10. The van der Waals surface area contributed by atoms with E-state index in [-0.39, 0.29) is 36.0 Å². The molecule has 0 aliphatic heterocycles. The van der Waals surface area contributed by atoms with E-state index in [1.165, 1.54) is 5.56 Å². The van der Waals surface area contributed by atoms with Crippen molar-refractivity contribution in [3.63, 3.8) is 0 Å². The fraction of sp³-hybridized carbons (Fsp3) is 0.722. The van der Waals surface area contributed by atoms with Crippen LogP contribution in [0.1, 0.15) is 58.4 Å². The first-order chi connectivity index (χ1) is 11.1. The highest BCUT2D eigenvalue weighted by Crippen LogP contribution is 2.30. The van der Waals surface area contributed by atoms with Gasteiger partial charge in [-0.25, -0.2) is 0 Å². The van der Waals surface area contributed by atoms with Crippen LogP contribution in [0.2, 0.25) is 0 Å². The Bertz CT molecular complexity index is 447. The number of hydrogen-bond acceptors (Lipinski definition) is 3. The monoisotopic (exact) mass is 467 g/mol. The molecule has 0 aliphatic carbocycles. The van der Waals surface area contributed by atoms with Crippen LogP contribution in [0.15, 0.2) is 21.8 Å². The van der Waals surface area contributed by atoms with Crippen molar-refractivity contribution in [1.29, 1.82) is 0 Å². The van der Waals surface area contributed by atoms with Crippen molar-refractivity contribution in [1.82, 2.24) is 10.6 Å². The van der Waals surface area contributed by atoms with E-state index in [1.807, 2.05) is 0 Å². The molecule has 6 heteroatoms. The highest BCUT2D eigenvalue weighted by Gasteiger charge is 2.25. The van der Waals surface area contributed by atoms with E-state index < -0.39 is 0 Å². The number of nitrogens with zero attached hydrogens (tertiary/aromatic N) is 1. The van der Waals surface area contributed by atoms with E-state index in [0.717, 1.165) is 44.9 Å². The lowest BCUT2D eigenvalue weighted by Gasteiger charge is -2.29. The van der Waals surface area contributed by atoms with Crippen molar-refractivity contribution in [3.8, 4) is 0 Å². The molecule has 0 radical (unpaired) electrons. The topological polar surface area (TPSA) is 56.7 Å². The molecule has 0 bridgehead atoms. The summed E-state index contributed by atoms with van der Waals surface area (Å²) in [6, 6.07) is 2.18. The molecule has 0 aliphatic rings. The quantitative estimate of drug-likeness (QED) is 0.275. The van der Waals surface area contributed by atoms with Gasteiger partial charge >= 0.3 is 0 Å². The van der Waals surface area contributed by atoms with Gasteiger partial charge in [0.2, 0.25) is 0 Å². The summed E-state index contributed by atoms with van der Waals surface area (Å²) in [5.41, 5.74) is 1.48. The second-order valence-electron chi connectivity index (χ2n) is 6.21. The summed E-state index contributed by atoms with van der Waals surface area (Å²) >= 11 is 1.74. The molecule has 1 heterocycles. The molecule has 0 saturated heterocycles. The molecule has 24 heavy (non-hydrogen) atoms. The molecule has 0 aromatic carbocycles. The molecular formula is C18H34IN3OS. The van der Waals surface area contributed by atoms with Crippen LogP contribution in [0.5, 0.6) is 0 Å². The third-order valence-electron chi connectivity index (χ3n) is 4.75. The predicted molar refractivity (Wildman–Crippen MR) is 117 cm³/mol. The number of thiophene rings is 1. The molecule has 0 amide bonds. The van der Waals surface area contributed by atoms with Crippen molar-refractivity contribution in [2.45, 2.75) is 52.9 Å². The van der Waals surface area contributed by atoms with E-state index in [1.54, 1.807) is 11.3 Å². The predicted octanol–water partition coefficient (Wildman–Crippen LogP) is 4.21. The Morgan fingerprint density at radius 1 is 1.29 bits per heavy atom. The first-order valence-corrected chi connectivity index (χ1v) is 9.70. The molecule has 1 aromatic rings. The second kappa shape index (κ2) is 12.9. The lowest BCUT2D eigenvalue weighted by Crippen LogP contribution is -2.40. The lowest BCUT2D eigenvalue weighted by atomic mass is 9.79. The number of aliphatic imine (C=N–C) groups is 1. The highest BCUT2D eigenvalue weighted by atomic mass is 127. The molecule has 3 N–H and O–H groups in total. The first kappa shape index (κ1) is 23.7. The molecule has 1 aromatic heterocycles. The van der Waals surface area contributed by atoms with Crippen LogP contribution in [0.3, 0.4) is 0 Å². The lowest BCUT2D eigenvalue weighted by molar-refractivity contribution is 0.175. The summed E-state index contributed by atoms with van der Waals surface area (Å²) in [5.74, 6) is 1.34. The molecule has 0 saturated carbocycles. The van der Waals surface area contributed by atoms with Gasteiger partial charge < -0.3 is 15.7 Å². The van der Waals surface area contributed by atoms with Gasteiger partial charge in [0.1, 0.15) is 0 Å². The Labute approximate surface area is 168 Å². The molecule has 0 fully saturated rings. The van der Waals surface area contributed by atoms with Gasteiger partial charge in [-0.3, -0.25) is 4.99 Å². The van der Waals surface area contributed by atoms with Crippen molar-refractivity contribution in [2.24, 2.45) is 10.4 Å². The van der Waals surface area contributed by atoms with Gasteiger partial charge in [-0.05, 0) is 59.9 Å². The normalized spacial score (nSPS) is 13.3. The largest absolute Gasteiger partial charge is 0.396 e. The molecule has 140 valence electrons. The van der Waals surface area contributed by atoms with Crippen LogP contribution in [0, 0.1) is 5.41 Å². The molecule has 0 spiro atoms. The number of hydrogen-bond donors (Lipinski definition) is 3. The van der Waals surface area contributed by atoms with Crippen LogP contribution < -0.4 is 10.6 Å². The van der Waals surface area contributed by atoms with Gasteiger partial charge in [0, 0.05) is 26.2 Å². The van der Waals surface area contributed by atoms with Crippen molar-refractivity contribution >= 4 is 41.3 Å². The van der Waals surface area contributed by atoms with Crippen LogP contribution in [0.4, 0.5) is 0 Å². The number of guanidine groups is 1. The molecule has 4 nitrogen and oxygen atoms in total. The van der Waals surface area contributed by atoms with E-state index in [9.17, 15) is 5.11 Å². The fourth-order valence-corrected chi connectivity index (χ4v) is 3.44. The maximum absolute atomic E-state index is 9.34. The number of aliphatic hydroxyl groups excluding tert-OH is 1. The molecular weight excluding hydrogens is 433 g/mol. The zero-order valence-electron chi connectivity index (χ0n) is 15.5. The molecule has 1 unspecified atom stereocenters. The summed E-state index contributed by atoms with van der Waals surface area (Å²) in [6.45, 7) is 11.4. The smallest absolute Gasteiger partial charge is 0.191 e. The maximum Gasteiger partial charge on any atom is 0.191 e.